The van der Waals surface area contributed by atoms with Crippen LogP contribution in [-0.2, 0) is 19.8 Å². The van der Waals surface area contributed by atoms with Gasteiger partial charge >= 0.3 is 0 Å². The Morgan fingerprint density at radius 1 is 0.885 bits per heavy atom. The predicted octanol–water partition coefficient (Wildman–Crippen LogP) is 5.93. The van der Waals surface area contributed by atoms with E-state index in [1.807, 2.05) is 20.8 Å². The highest BCUT2D eigenvalue weighted by Gasteiger charge is 2.41. The minimum Gasteiger partial charge on any atom is -0.414 e. The van der Waals surface area contributed by atoms with Gasteiger partial charge in [0.05, 0.1) is 11.4 Å². The second kappa shape index (κ2) is 8.68. The van der Waals surface area contributed by atoms with Gasteiger partial charge in [-0.1, -0.05) is 41.5 Å². The first-order valence-electron chi connectivity index (χ1n) is 9.49. The van der Waals surface area contributed by atoms with Crippen LogP contribution < -0.4 is 0 Å². The number of hydrogen-bond donors (Lipinski definition) is 0. The molecule has 0 aromatic carbocycles. The van der Waals surface area contributed by atoms with E-state index in [9.17, 15) is 4.21 Å². The van der Waals surface area contributed by atoms with E-state index in [0.29, 0.717) is 6.61 Å². The lowest BCUT2D eigenvalue weighted by atomic mass is 10.2. The quantitative estimate of drug-likeness (QED) is 0.378. The van der Waals surface area contributed by atoms with Crippen LogP contribution in [0.1, 0.15) is 62.3 Å². The molecular weight excluding hydrogens is 378 g/mol. The van der Waals surface area contributed by atoms with Gasteiger partial charge in [-0.15, -0.1) is 0 Å². The highest BCUT2D eigenvalue weighted by Crippen LogP contribution is 2.39. The fourth-order valence-electron chi connectivity index (χ4n) is 1.45. The summed E-state index contributed by atoms with van der Waals surface area (Å²) in [5, 5.41) is 0.235. The van der Waals surface area contributed by atoms with E-state index in [1.54, 1.807) is 6.21 Å². The topological polar surface area (TPSA) is 47.9 Å². The van der Waals surface area contributed by atoms with Crippen molar-refractivity contribution in [2.24, 2.45) is 4.40 Å². The summed E-state index contributed by atoms with van der Waals surface area (Å²) in [5.74, 6) is 0. The molecule has 0 spiro atoms. The maximum Gasteiger partial charge on any atom is 0.193 e. The van der Waals surface area contributed by atoms with Crippen molar-refractivity contribution in [1.29, 1.82) is 0 Å². The Kier molecular flexibility index (Phi) is 8.74. The van der Waals surface area contributed by atoms with Crippen LogP contribution in [0.3, 0.4) is 0 Å². The van der Waals surface area contributed by atoms with Crippen molar-refractivity contribution in [3.05, 3.63) is 0 Å². The zero-order valence-corrected chi connectivity index (χ0v) is 22.3. The average molecular weight is 422 g/mol. The van der Waals surface area contributed by atoms with Crippen molar-refractivity contribution in [3.8, 4) is 0 Å². The Bertz CT molecular complexity index is 512. The van der Waals surface area contributed by atoms with Gasteiger partial charge in [0.2, 0.25) is 0 Å². The molecule has 0 aliphatic rings. The monoisotopic (exact) mass is 421 g/mol. The highest BCUT2D eigenvalue weighted by atomic mass is 32.2. The van der Waals surface area contributed by atoms with Crippen LogP contribution in [-0.4, -0.2) is 44.5 Å². The van der Waals surface area contributed by atoms with Crippen molar-refractivity contribution in [3.63, 3.8) is 0 Å². The summed E-state index contributed by atoms with van der Waals surface area (Å²) >= 11 is 0. The fourth-order valence-corrected chi connectivity index (χ4v) is 4.27. The summed E-state index contributed by atoms with van der Waals surface area (Å²) in [7, 11) is -5.16. The molecule has 0 aliphatic carbocycles. The zero-order chi connectivity index (χ0) is 21.2. The van der Waals surface area contributed by atoms with E-state index in [2.05, 4.69) is 72.1 Å². The normalized spacial score (nSPS) is 17.6. The third-order valence-corrected chi connectivity index (χ3v) is 15.9. The molecule has 0 aromatic rings. The van der Waals surface area contributed by atoms with Crippen molar-refractivity contribution in [2.45, 2.75) is 109 Å². The van der Waals surface area contributed by atoms with Crippen LogP contribution in [0.2, 0.25) is 36.3 Å². The molecule has 0 bridgehead atoms. The third kappa shape index (κ3) is 8.04. The molecule has 0 fully saturated rings. The molecule has 7 heteroatoms. The lowest BCUT2D eigenvalue weighted by Gasteiger charge is -2.40. The summed E-state index contributed by atoms with van der Waals surface area (Å²) in [5.41, 5.74) is 0. The number of rotatable bonds is 7. The van der Waals surface area contributed by atoms with Gasteiger partial charge in [0.25, 0.3) is 0 Å². The van der Waals surface area contributed by atoms with Crippen LogP contribution >= 0.6 is 0 Å². The van der Waals surface area contributed by atoms with Crippen molar-refractivity contribution < 1.29 is 13.1 Å². The van der Waals surface area contributed by atoms with Gasteiger partial charge in [0, 0.05) is 6.21 Å². The van der Waals surface area contributed by atoms with E-state index < -0.39 is 27.6 Å². The van der Waals surface area contributed by atoms with E-state index in [1.165, 1.54) is 0 Å². The second-order valence-electron chi connectivity index (χ2n) is 11.1. The van der Waals surface area contributed by atoms with E-state index >= 15 is 0 Å². The number of nitrogens with zero attached hydrogens (tertiary/aromatic N) is 1. The maximum atomic E-state index is 12.3. The molecule has 0 saturated carbocycles. The summed E-state index contributed by atoms with van der Waals surface area (Å²) in [6.07, 6.45) is 1.45. The summed E-state index contributed by atoms with van der Waals surface area (Å²) < 4.78 is 29.2. The second-order valence-corrected chi connectivity index (χ2v) is 22.6. The van der Waals surface area contributed by atoms with Crippen molar-refractivity contribution in [1.82, 2.24) is 0 Å². The largest absolute Gasteiger partial charge is 0.414 e. The van der Waals surface area contributed by atoms with Crippen LogP contribution in [0.15, 0.2) is 4.40 Å². The van der Waals surface area contributed by atoms with Crippen molar-refractivity contribution in [2.75, 3.05) is 6.61 Å². The van der Waals surface area contributed by atoms with Crippen LogP contribution in [0.25, 0.3) is 0 Å². The minimum absolute atomic E-state index is 0.0965. The van der Waals surface area contributed by atoms with E-state index in [-0.39, 0.29) is 20.9 Å². The van der Waals surface area contributed by atoms with Gasteiger partial charge in [-0.25, -0.2) is 4.21 Å². The molecule has 0 heterocycles. The number of hydrogen-bond acceptors (Lipinski definition) is 3. The van der Waals surface area contributed by atoms with Crippen LogP contribution in [0, 0.1) is 0 Å². The van der Waals surface area contributed by atoms with E-state index in [4.69, 9.17) is 8.85 Å². The summed E-state index contributed by atoms with van der Waals surface area (Å²) in [6.45, 7) is 28.5. The third-order valence-electron chi connectivity index (χ3n) is 5.51. The molecule has 0 radical (unpaired) electrons. The van der Waals surface area contributed by atoms with Gasteiger partial charge in [-0.3, -0.25) is 0 Å². The van der Waals surface area contributed by atoms with Crippen molar-refractivity contribution >= 4 is 33.8 Å². The lowest BCUT2D eigenvalue weighted by Crippen LogP contribution is -2.48. The lowest BCUT2D eigenvalue weighted by molar-refractivity contribution is 0.157. The molecule has 0 amide bonds. The average Bonchev–Trinajstić information content (AvgIpc) is 2.37. The van der Waals surface area contributed by atoms with E-state index in [0.717, 1.165) is 0 Å². The molecule has 0 aliphatic heterocycles. The van der Waals surface area contributed by atoms with Gasteiger partial charge in [-0.2, -0.15) is 4.40 Å². The van der Waals surface area contributed by atoms with Gasteiger partial charge in [0.1, 0.15) is 17.1 Å². The Morgan fingerprint density at radius 3 is 1.65 bits per heavy atom. The molecule has 26 heavy (non-hydrogen) atoms. The zero-order valence-electron chi connectivity index (χ0n) is 19.4. The Hall–Kier alpha value is 0.174. The predicted molar refractivity (Wildman–Crippen MR) is 122 cm³/mol. The van der Waals surface area contributed by atoms with Gasteiger partial charge in [0.15, 0.2) is 16.6 Å². The fraction of sp³-hybridized carbons (Fsp3) is 0.947. The Balaban J connectivity index is 5.43. The smallest absolute Gasteiger partial charge is 0.193 e. The molecule has 2 atom stereocenters. The first-order valence-corrected chi connectivity index (χ1v) is 16.4. The van der Waals surface area contributed by atoms with Gasteiger partial charge < -0.3 is 8.85 Å². The summed E-state index contributed by atoms with van der Waals surface area (Å²) in [4.78, 5) is 0. The molecule has 156 valence electrons. The Morgan fingerprint density at radius 2 is 1.31 bits per heavy atom. The summed E-state index contributed by atoms with van der Waals surface area (Å²) in [6, 6.07) is 0. The van der Waals surface area contributed by atoms with Gasteiger partial charge in [-0.05, 0) is 57.0 Å². The SMILES string of the molecule is CC(C)(C)[S@](=O)/N=C/[C@@H](CO[Si](C)(C)C(C)(C)C)O[Si](C)(C)C(C)(C)C. The minimum atomic E-state index is -1.98. The Labute approximate surface area is 167 Å². The maximum absolute atomic E-state index is 12.3. The highest BCUT2D eigenvalue weighted by molar-refractivity contribution is 7.85. The molecule has 0 unspecified atom stereocenters. The first-order chi connectivity index (χ1) is 11.2. The molecular formula is C19H43NO3SSi2. The molecule has 0 saturated heterocycles. The molecule has 0 aromatic heterocycles. The van der Waals surface area contributed by atoms with Crippen LogP contribution in [0.4, 0.5) is 0 Å². The van der Waals surface area contributed by atoms with Crippen LogP contribution in [0.5, 0.6) is 0 Å². The molecule has 4 nitrogen and oxygen atoms in total. The first kappa shape index (κ1) is 26.2. The molecule has 0 N–H and O–H groups in total. The molecule has 0 rings (SSSR count). The standard InChI is InChI=1S/C19H43NO3SSi2/c1-17(2,3)24(21)20-14-16(23-26(12,13)19(7,8)9)15-22-25(10,11)18(4,5)6/h14,16H,15H2,1-13H3/b20-14+/t16-,24-/m0/s1.